The Labute approximate surface area is 159 Å². The van der Waals surface area contributed by atoms with Crippen LogP contribution < -0.4 is 0 Å². The second kappa shape index (κ2) is 7.06. The van der Waals surface area contributed by atoms with Crippen LogP contribution >= 0.6 is 0 Å². The van der Waals surface area contributed by atoms with Crippen molar-refractivity contribution in [2.45, 2.75) is 31.5 Å². The zero-order chi connectivity index (χ0) is 19.0. The molecule has 2 saturated heterocycles. The molecule has 0 unspecified atom stereocenters. The van der Waals surface area contributed by atoms with Crippen molar-refractivity contribution in [2.24, 2.45) is 0 Å². The average molecular weight is 368 g/mol. The van der Waals surface area contributed by atoms with E-state index in [9.17, 15) is 9.18 Å². The van der Waals surface area contributed by atoms with Crippen LogP contribution in [-0.2, 0) is 21.6 Å². The van der Waals surface area contributed by atoms with E-state index in [1.807, 2.05) is 43.1 Å². The molecule has 2 aromatic rings. The third-order valence-electron chi connectivity index (χ3n) is 6.02. The van der Waals surface area contributed by atoms with E-state index in [2.05, 4.69) is 17.0 Å². The molecule has 0 radical (unpaired) electrons. The predicted molar refractivity (Wildman–Crippen MR) is 102 cm³/mol. The quantitative estimate of drug-likeness (QED) is 0.835. The van der Waals surface area contributed by atoms with Gasteiger partial charge in [0.1, 0.15) is 12.4 Å². The third-order valence-corrected chi connectivity index (χ3v) is 6.02. The maximum atomic E-state index is 14.2. The lowest BCUT2D eigenvalue weighted by Crippen LogP contribution is -2.66. The molecule has 2 aliphatic rings. The highest BCUT2D eigenvalue weighted by atomic mass is 19.1. The smallest absolute Gasteiger partial charge is 0.249 e. The molecule has 2 aromatic carbocycles. The van der Waals surface area contributed by atoms with Gasteiger partial charge in [-0.05, 0) is 25.0 Å². The van der Waals surface area contributed by atoms with Crippen molar-refractivity contribution in [3.05, 3.63) is 71.0 Å². The molecule has 0 saturated carbocycles. The molecule has 5 heteroatoms. The number of hydrogen-bond donors (Lipinski definition) is 0. The van der Waals surface area contributed by atoms with Crippen LogP contribution in [0.4, 0.5) is 4.39 Å². The summed E-state index contributed by atoms with van der Waals surface area (Å²) in [6, 6.07) is 15.4. The van der Waals surface area contributed by atoms with Gasteiger partial charge >= 0.3 is 0 Å². The lowest BCUT2D eigenvalue weighted by Gasteiger charge is -2.55. The van der Waals surface area contributed by atoms with Crippen molar-refractivity contribution in [3.63, 3.8) is 0 Å². The summed E-state index contributed by atoms with van der Waals surface area (Å²) in [4.78, 5) is 16.5. The van der Waals surface area contributed by atoms with Gasteiger partial charge in [0.15, 0.2) is 0 Å². The van der Waals surface area contributed by atoms with Crippen LogP contribution in [0.3, 0.4) is 0 Å². The van der Waals surface area contributed by atoms with Crippen molar-refractivity contribution < 1.29 is 13.9 Å². The maximum absolute atomic E-state index is 14.2. The Morgan fingerprint density at radius 1 is 1.22 bits per heavy atom. The van der Waals surface area contributed by atoms with Gasteiger partial charge in [0.25, 0.3) is 0 Å². The first-order valence-electron chi connectivity index (χ1n) is 9.42. The zero-order valence-electron chi connectivity index (χ0n) is 15.8. The van der Waals surface area contributed by atoms with Crippen molar-refractivity contribution in [1.29, 1.82) is 0 Å². The molecule has 0 aromatic heterocycles. The first-order valence-corrected chi connectivity index (χ1v) is 9.42. The number of halogens is 1. The molecular formula is C22H25FN2O2. The highest BCUT2D eigenvalue weighted by molar-refractivity contribution is 5.79. The Balaban J connectivity index is 1.61. The number of piperidine rings is 1. The number of amides is 1. The van der Waals surface area contributed by atoms with Crippen LogP contribution in [0, 0.1) is 12.7 Å². The minimum Gasteiger partial charge on any atom is -0.364 e. The Bertz CT molecular complexity index is 841. The van der Waals surface area contributed by atoms with E-state index in [4.69, 9.17) is 4.74 Å². The normalized spacial score (nSPS) is 26.1. The molecule has 142 valence electrons. The fourth-order valence-corrected chi connectivity index (χ4v) is 4.49. The number of fused-ring (bicyclic) bond motifs is 1. The molecule has 0 spiro atoms. The van der Waals surface area contributed by atoms with Gasteiger partial charge < -0.3 is 9.64 Å². The molecule has 0 aliphatic carbocycles. The van der Waals surface area contributed by atoms with E-state index in [0.717, 1.165) is 24.1 Å². The van der Waals surface area contributed by atoms with Gasteiger partial charge in [0, 0.05) is 32.2 Å². The molecule has 2 aliphatic heterocycles. The second-order valence-corrected chi connectivity index (χ2v) is 7.62. The highest BCUT2D eigenvalue weighted by Crippen LogP contribution is 2.42. The first-order chi connectivity index (χ1) is 13.0. The minimum atomic E-state index is -0.460. The molecule has 2 fully saturated rings. The van der Waals surface area contributed by atoms with E-state index < -0.39 is 5.54 Å². The second-order valence-electron chi connectivity index (χ2n) is 7.62. The molecule has 2 atom stereocenters. The zero-order valence-corrected chi connectivity index (χ0v) is 15.8. The largest absolute Gasteiger partial charge is 0.364 e. The van der Waals surface area contributed by atoms with Crippen LogP contribution in [-0.4, -0.2) is 48.6 Å². The van der Waals surface area contributed by atoms with Gasteiger partial charge in [0.2, 0.25) is 5.91 Å². The summed E-state index contributed by atoms with van der Waals surface area (Å²) < 4.78 is 20.2. The molecular weight excluding hydrogens is 343 g/mol. The van der Waals surface area contributed by atoms with Crippen molar-refractivity contribution in [3.8, 4) is 0 Å². The van der Waals surface area contributed by atoms with Gasteiger partial charge in [-0.1, -0.05) is 48.0 Å². The molecule has 0 N–H and O–H groups in total. The minimum absolute atomic E-state index is 0.00767. The van der Waals surface area contributed by atoms with Gasteiger partial charge in [-0.15, -0.1) is 0 Å². The number of aryl methyl sites for hydroxylation is 1. The van der Waals surface area contributed by atoms with Gasteiger partial charge in [-0.2, -0.15) is 0 Å². The number of likely N-dealkylation sites (tertiary alicyclic amines) is 1. The monoisotopic (exact) mass is 368 g/mol. The van der Waals surface area contributed by atoms with E-state index in [0.29, 0.717) is 18.7 Å². The molecule has 1 amide bonds. The van der Waals surface area contributed by atoms with Crippen molar-refractivity contribution in [2.75, 3.05) is 26.7 Å². The summed E-state index contributed by atoms with van der Waals surface area (Å²) in [6.45, 7) is 4.07. The topological polar surface area (TPSA) is 32.8 Å². The fraction of sp³-hybridized carbons (Fsp3) is 0.409. The van der Waals surface area contributed by atoms with Gasteiger partial charge in [0.05, 0.1) is 11.6 Å². The van der Waals surface area contributed by atoms with Crippen LogP contribution in [0.5, 0.6) is 0 Å². The number of carbonyl (C=O) groups excluding carboxylic acids is 1. The lowest BCUT2D eigenvalue weighted by molar-refractivity contribution is -0.183. The predicted octanol–water partition coefficient (Wildman–Crippen LogP) is 3.09. The SMILES string of the molecule is Cc1ccc(F)c(CN2CC[C@]3(c4ccccc4)[C@@H](C2)OCC(=O)N3C)c1. The Hall–Kier alpha value is -2.24. The van der Waals surface area contributed by atoms with Crippen LogP contribution in [0.15, 0.2) is 48.5 Å². The number of rotatable bonds is 3. The maximum Gasteiger partial charge on any atom is 0.249 e. The van der Waals surface area contributed by atoms with Crippen LogP contribution in [0.1, 0.15) is 23.1 Å². The lowest BCUT2D eigenvalue weighted by atomic mass is 9.76. The summed E-state index contributed by atoms with van der Waals surface area (Å²) >= 11 is 0. The van der Waals surface area contributed by atoms with Crippen LogP contribution in [0.2, 0.25) is 0 Å². The number of ether oxygens (including phenoxy) is 1. The van der Waals surface area contributed by atoms with Crippen molar-refractivity contribution >= 4 is 5.91 Å². The summed E-state index contributed by atoms with van der Waals surface area (Å²) in [5.41, 5.74) is 2.41. The van der Waals surface area contributed by atoms with Gasteiger partial charge in [-0.3, -0.25) is 9.69 Å². The molecule has 4 nitrogen and oxygen atoms in total. The molecule has 0 bridgehead atoms. The highest BCUT2D eigenvalue weighted by Gasteiger charge is 2.52. The first kappa shape index (κ1) is 18.1. The summed E-state index contributed by atoms with van der Waals surface area (Å²) in [7, 11) is 1.88. The Morgan fingerprint density at radius 3 is 2.78 bits per heavy atom. The summed E-state index contributed by atoms with van der Waals surface area (Å²) in [5, 5.41) is 0. The van der Waals surface area contributed by atoms with E-state index in [1.54, 1.807) is 6.07 Å². The number of morpholine rings is 1. The molecule has 4 rings (SSSR count). The average Bonchev–Trinajstić information content (AvgIpc) is 2.68. The number of benzene rings is 2. The van der Waals surface area contributed by atoms with Gasteiger partial charge in [-0.25, -0.2) is 4.39 Å². The Morgan fingerprint density at radius 2 is 2.00 bits per heavy atom. The Kier molecular flexibility index (Phi) is 4.74. The van der Waals surface area contributed by atoms with E-state index in [-0.39, 0.29) is 24.4 Å². The standard InChI is InChI=1S/C22H25FN2O2/c1-16-8-9-19(23)17(12-16)13-25-11-10-22(18-6-4-3-5-7-18)20(14-25)27-15-21(26)24(22)2/h3-9,12,20H,10-11,13-15H2,1-2H3/t20-,22+/m1/s1. The summed E-state index contributed by atoms with van der Waals surface area (Å²) in [6.07, 6.45) is 0.626. The number of likely N-dealkylation sites (N-methyl/N-ethyl adjacent to an activating group) is 1. The van der Waals surface area contributed by atoms with E-state index in [1.165, 1.54) is 6.07 Å². The third kappa shape index (κ3) is 3.15. The molecule has 2 heterocycles. The molecule has 27 heavy (non-hydrogen) atoms. The number of carbonyl (C=O) groups is 1. The summed E-state index contributed by atoms with van der Waals surface area (Å²) in [5.74, 6) is -0.161. The fourth-order valence-electron chi connectivity index (χ4n) is 4.49. The van der Waals surface area contributed by atoms with E-state index >= 15 is 0 Å². The van der Waals surface area contributed by atoms with Crippen molar-refractivity contribution in [1.82, 2.24) is 9.80 Å². The van der Waals surface area contributed by atoms with Crippen LogP contribution in [0.25, 0.3) is 0 Å². The number of nitrogens with zero attached hydrogens (tertiary/aromatic N) is 2. The number of hydrogen-bond acceptors (Lipinski definition) is 3.